The van der Waals surface area contributed by atoms with Gasteiger partial charge < -0.3 is 5.32 Å². The molecule has 2 rings (SSSR count). The average Bonchev–Trinajstić information content (AvgIpc) is 2.67. The normalized spacial score (nSPS) is 26.8. The van der Waals surface area contributed by atoms with Crippen LogP contribution in [0.1, 0.15) is 39.3 Å². The van der Waals surface area contributed by atoms with Crippen LogP contribution in [0.25, 0.3) is 0 Å². The fourth-order valence-corrected chi connectivity index (χ4v) is 2.96. The van der Waals surface area contributed by atoms with Crippen LogP contribution in [0, 0.1) is 5.92 Å². The minimum atomic E-state index is -0.420. The molecule has 102 valence electrons. The van der Waals surface area contributed by atoms with Crippen molar-refractivity contribution in [3.05, 3.63) is 30.1 Å². The number of hydrogen-bond donors (Lipinski definition) is 1. The second-order valence-corrected chi connectivity index (χ2v) is 6.65. The Morgan fingerprint density at radius 1 is 1.32 bits per heavy atom. The predicted octanol–water partition coefficient (Wildman–Crippen LogP) is 2.78. The molecule has 1 saturated heterocycles. The molecule has 0 unspecified atom stereocenters. The summed E-state index contributed by atoms with van der Waals surface area (Å²) >= 11 is 1.53. The quantitative estimate of drug-likeness (QED) is 0.924. The van der Waals surface area contributed by atoms with Crippen molar-refractivity contribution in [2.75, 3.05) is 0 Å². The maximum atomic E-state index is 12.0. The summed E-state index contributed by atoms with van der Waals surface area (Å²) in [6.07, 6.45) is 3.51. The lowest BCUT2D eigenvalue weighted by molar-refractivity contribution is -0.122. The first-order chi connectivity index (χ1) is 8.93. The van der Waals surface area contributed by atoms with Gasteiger partial charge in [-0.05, 0) is 37.5 Å². The lowest BCUT2D eigenvalue weighted by Crippen LogP contribution is -2.38. The minimum absolute atomic E-state index is 0.0142. The molecule has 0 aromatic carbocycles. The van der Waals surface area contributed by atoms with Gasteiger partial charge in [0, 0.05) is 12.4 Å². The Labute approximate surface area is 118 Å². The second-order valence-electron chi connectivity index (χ2n) is 5.21. The van der Waals surface area contributed by atoms with E-state index in [1.165, 1.54) is 11.8 Å². The zero-order valence-electron chi connectivity index (χ0n) is 11.7. The minimum Gasteiger partial charge on any atom is -0.304 e. The van der Waals surface area contributed by atoms with Crippen molar-refractivity contribution in [3.63, 3.8) is 0 Å². The highest BCUT2D eigenvalue weighted by Crippen LogP contribution is 2.38. The Hall–Kier alpha value is -1.36. The molecule has 0 spiro atoms. The van der Waals surface area contributed by atoms with Crippen molar-refractivity contribution >= 4 is 22.8 Å². The molecule has 1 aliphatic heterocycles. The van der Waals surface area contributed by atoms with Crippen molar-refractivity contribution in [2.24, 2.45) is 10.9 Å². The molecule has 0 saturated carbocycles. The summed E-state index contributed by atoms with van der Waals surface area (Å²) in [5.74, 6) is 0.314. The number of hydrogen-bond acceptors (Lipinski definition) is 4. The van der Waals surface area contributed by atoms with Crippen molar-refractivity contribution < 1.29 is 4.79 Å². The molecule has 5 heteroatoms. The van der Waals surface area contributed by atoms with E-state index in [0.717, 1.165) is 5.56 Å². The molecule has 4 nitrogen and oxygen atoms in total. The van der Waals surface area contributed by atoms with Crippen LogP contribution in [-0.4, -0.2) is 20.8 Å². The van der Waals surface area contributed by atoms with Crippen LogP contribution < -0.4 is 5.32 Å². The molecule has 1 aliphatic rings. The third-order valence-corrected chi connectivity index (χ3v) is 5.06. The molecule has 0 bridgehead atoms. The van der Waals surface area contributed by atoms with E-state index in [-0.39, 0.29) is 17.9 Å². The number of nitrogens with zero attached hydrogens (tertiary/aromatic N) is 2. The fraction of sp³-hybridized carbons (Fsp3) is 0.500. The number of aliphatic imine (C=N–C) groups is 1. The van der Waals surface area contributed by atoms with Crippen LogP contribution in [0.3, 0.4) is 0 Å². The van der Waals surface area contributed by atoms with Crippen molar-refractivity contribution in [1.82, 2.24) is 10.3 Å². The molecule has 0 aliphatic carbocycles. The summed E-state index contributed by atoms with van der Waals surface area (Å²) in [5.41, 5.74) is 1.09. The van der Waals surface area contributed by atoms with Gasteiger partial charge in [-0.3, -0.25) is 14.8 Å². The zero-order chi connectivity index (χ0) is 14.0. The van der Waals surface area contributed by atoms with Gasteiger partial charge >= 0.3 is 0 Å². The Morgan fingerprint density at radius 3 is 2.47 bits per heavy atom. The smallest absolute Gasteiger partial charge is 0.242 e. The topological polar surface area (TPSA) is 54.4 Å². The van der Waals surface area contributed by atoms with Crippen LogP contribution in [0.5, 0.6) is 0 Å². The molecule has 19 heavy (non-hydrogen) atoms. The molecule has 1 amide bonds. The predicted molar refractivity (Wildman–Crippen MR) is 79.1 cm³/mol. The number of rotatable bonds is 3. The van der Waals surface area contributed by atoms with Crippen molar-refractivity contribution in [1.29, 1.82) is 0 Å². The van der Waals surface area contributed by atoms with Crippen LogP contribution in [0.2, 0.25) is 0 Å². The van der Waals surface area contributed by atoms with Crippen LogP contribution in [0.4, 0.5) is 0 Å². The van der Waals surface area contributed by atoms with Gasteiger partial charge in [-0.15, -0.1) is 0 Å². The zero-order valence-corrected chi connectivity index (χ0v) is 12.5. The molecule has 1 N–H and O–H groups in total. The summed E-state index contributed by atoms with van der Waals surface area (Å²) in [4.78, 5) is 20.6. The summed E-state index contributed by atoms with van der Waals surface area (Å²) in [7, 11) is 0. The van der Waals surface area contributed by atoms with Gasteiger partial charge in [0.2, 0.25) is 5.91 Å². The van der Waals surface area contributed by atoms with Gasteiger partial charge in [-0.2, -0.15) is 0 Å². The number of pyridine rings is 1. The highest BCUT2D eigenvalue weighted by atomic mass is 32.2. The molecule has 1 aromatic rings. The average molecular weight is 277 g/mol. The highest BCUT2D eigenvalue weighted by Gasteiger charge is 2.44. The summed E-state index contributed by atoms with van der Waals surface area (Å²) in [6, 6.07) is 3.90. The lowest BCUT2D eigenvalue weighted by Gasteiger charge is -2.22. The van der Waals surface area contributed by atoms with Crippen LogP contribution in [-0.2, 0) is 4.79 Å². The Bertz CT molecular complexity index is 501. The number of nitrogens with one attached hydrogen (secondary N) is 1. The number of amidine groups is 1. The van der Waals surface area contributed by atoms with Crippen molar-refractivity contribution in [3.8, 4) is 0 Å². The summed E-state index contributed by atoms with van der Waals surface area (Å²) < 4.78 is -0.420. The third-order valence-electron chi connectivity index (χ3n) is 3.58. The molecular formula is C14H19N3OS. The number of aromatic nitrogens is 1. The van der Waals surface area contributed by atoms with E-state index in [9.17, 15) is 4.79 Å². The van der Waals surface area contributed by atoms with E-state index in [1.807, 2.05) is 26.0 Å². The van der Waals surface area contributed by atoms with Gasteiger partial charge in [0.25, 0.3) is 0 Å². The summed E-state index contributed by atoms with van der Waals surface area (Å²) in [5, 5.41) is 3.60. The monoisotopic (exact) mass is 277 g/mol. The van der Waals surface area contributed by atoms with E-state index in [0.29, 0.717) is 5.17 Å². The van der Waals surface area contributed by atoms with Gasteiger partial charge in [0.15, 0.2) is 5.17 Å². The van der Waals surface area contributed by atoms with Crippen molar-refractivity contribution in [2.45, 2.75) is 38.5 Å². The van der Waals surface area contributed by atoms with E-state index >= 15 is 0 Å². The Kier molecular flexibility index (Phi) is 3.94. The van der Waals surface area contributed by atoms with Crippen LogP contribution >= 0.6 is 11.8 Å². The van der Waals surface area contributed by atoms with Gasteiger partial charge in [-0.1, -0.05) is 25.6 Å². The number of amides is 1. The van der Waals surface area contributed by atoms with Gasteiger partial charge in [0.05, 0.1) is 6.04 Å². The van der Waals surface area contributed by atoms with E-state index in [1.54, 1.807) is 12.4 Å². The van der Waals surface area contributed by atoms with E-state index in [4.69, 9.17) is 0 Å². The number of thioether (sulfide) groups is 1. The first-order valence-corrected chi connectivity index (χ1v) is 7.23. The Morgan fingerprint density at radius 2 is 1.95 bits per heavy atom. The molecule has 2 heterocycles. The first-order valence-electron chi connectivity index (χ1n) is 6.41. The highest BCUT2D eigenvalue weighted by molar-refractivity contribution is 8.16. The lowest BCUT2D eigenvalue weighted by atomic mass is 9.96. The standard InChI is InChI=1S/C14H19N3OS/c1-9(2)14(4)12(18)17-13(19-14)16-10(3)11-5-7-15-8-6-11/h5-10H,1-4H3,(H,16,17,18)/t10-,14-/m0/s1. The third kappa shape index (κ3) is 2.81. The number of carbonyl (C=O) groups excluding carboxylic acids is 1. The van der Waals surface area contributed by atoms with E-state index < -0.39 is 4.75 Å². The number of carbonyl (C=O) groups is 1. The molecule has 1 fully saturated rings. The Balaban J connectivity index is 2.17. The molecule has 2 atom stereocenters. The van der Waals surface area contributed by atoms with Gasteiger partial charge in [-0.25, -0.2) is 0 Å². The maximum Gasteiger partial charge on any atom is 0.242 e. The largest absolute Gasteiger partial charge is 0.304 e. The maximum absolute atomic E-state index is 12.0. The summed E-state index contributed by atoms with van der Waals surface area (Å²) in [6.45, 7) is 8.10. The van der Waals surface area contributed by atoms with Crippen LogP contribution in [0.15, 0.2) is 29.5 Å². The molecule has 0 radical (unpaired) electrons. The van der Waals surface area contributed by atoms with Gasteiger partial charge in [0.1, 0.15) is 4.75 Å². The molecule has 1 aromatic heterocycles. The second kappa shape index (κ2) is 5.33. The van der Waals surface area contributed by atoms with E-state index in [2.05, 4.69) is 29.1 Å². The fourth-order valence-electron chi connectivity index (χ4n) is 1.82. The molecular weight excluding hydrogens is 258 g/mol. The first kappa shape index (κ1) is 14.1. The SMILES string of the molecule is CC(C)[C@]1(C)SC(=N[C@@H](C)c2ccncc2)NC1=O.